The molecule has 0 aromatic heterocycles. The number of amides is 4. The number of carbonyl (C=O) groups is 3. The van der Waals surface area contributed by atoms with Crippen LogP contribution in [0.3, 0.4) is 0 Å². The van der Waals surface area contributed by atoms with Crippen LogP contribution in [0.15, 0.2) is 47.6 Å². The number of imide groups is 1. The van der Waals surface area contributed by atoms with E-state index < -0.39 is 17.5 Å². The smallest absolute Gasteiger partial charge is 0.323 e. The van der Waals surface area contributed by atoms with E-state index in [2.05, 4.69) is 39.6 Å². The van der Waals surface area contributed by atoms with Crippen molar-refractivity contribution < 1.29 is 24.3 Å². The fourth-order valence-corrected chi connectivity index (χ4v) is 5.01. The molecule has 1 atom stereocenters. The average Bonchev–Trinajstić information content (AvgIpc) is 3.23. The molecule has 2 fully saturated rings. The second-order valence-electron chi connectivity index (χ2n) is 9.85. The van der Waals surface area contributed by atoms with E-state index in [1.807, 2.05) is 11.0 Å². The van der Waals surface area contributed by atoms with Gasteiger partial charge in [0.1, 0.15) is 5.75 Å². The maximum Gasteiger partial charge on any atom is 0.323 e. The molecule has 0 radical (unpaired) electrons. The highest BCUT2D eigenvalue weighted by molar-refractivity contribution is 6.10. The number of piperazine rings is 1. The topological polar surface area (TPSA) is 127 Å². The Bertz CT molecular complexity index is 1390. The summed E-state index contributed by atoms with van der Waals surface area (Å²) in [6.45, 7) is 3.53. The number of hydrogen-bond acceptors (Lipinski definition) is 7. The average molecular weight is 531 g/mol. The van der Waals surface area contributed by atoms with Gasteiger partial charge >= 0.3 is 6.03 Å². The molecule has 11 heteroatoms. The largest absolute Gasteiger partial charge is 0.497 e. The molecule has 5 rings (SSSR count). The van der Waals surface area contributed by atoms with Crippen molar-refractivity contribution in [1.29, 1.82) is 0 Å². The molecule has 0 unspecified atom stereocenters. The standard InChI is InChI=1S/C28H30N6O5/c1-32-13-15-33(16-14-32)24(31-38)20-5-3-19(4-6-20)9-11-28(26(36)29-27(37)30-28)18-34-12-10-21-17-22(39-2)7-8-23(21)25(34)35/h3-8,17,38H,10,12-16,18H2,1-2H3,(H2,29,30,36,37)/t28-/m1/s1. The van der Waals surface area contributed by atoms with Crippen molar-refractivity contribution in [3.05, 3.63) is 64.7 Å². The number of nitrogens with zero attached hydrogens (tertiary/aromatic N) is 4. The number of urea groups is 1. The molecular weight excluding hydrogens is 500 g/mol. The zero-order valence-electron chi connectivity index (χ0n) is 21.9. The van der Waals surface area contributed by atoms with Crippen molar-refractivity contribution in [2.24, 2.45) is 5.16 Å². The number of hydrogen-bond donors (Lipinski definition) is 3. The lowest BCUT2D eigenvalue weighted by Crippen LogP contribution is -2.56. The lowest BCUT2D eigenvalue weighted by atomic mass is 9.94. The van der Waals surface area contributed by atoms with Crippen LogP contribution in [0.5, 0.6) is 5.75 Å². The zero-order chi connectivity index (χ0) is 27.6. The quantitative estimate of drug-likeness (QED) is 0.133. The fraction of sp³-hybridized carbons (Fsp3) is 0.357. The second-order valence-corrected chi connectivity index (χ2v) is 9.85. The lowest BCUT2D eigenvalue weighted by molar-refractivity contribution is -0.122. The van der Waals surface area contributed by atoms with E-state index >= 15 is 0 Å². The number of nitrogens with one attached hydrogen (secondary N) is 2. The molecule has 3 heterocycles. The summed E-state index contributed by atoms with van der Waals surface area (Å²) >= 11 is 0. The third-order valence-corrected chi connectivity index (χ3v) is 7.31. The minimum Gasteiger partial charge on any atom is -0.497 e. The molecule has 2 saturated heterocycles. The highest BCUT2D eigenvalue weighted by Gasteiger charge is 2.47. The van der Waals surface area contributed by atoms with Crippen LogP contribution in [0.2, 0.25) is 0 Å². The summed E-state index contributed by atoms with van der Waals surface area (Å²) in [5, 5.41) is 18.1. The van der Waals surface area contributed by atoms with Gasteiger partial charge in [-0.3, -0.25) is 14.9 Å². The van der Waals surface area contributed by atoms with Gasteiger partial charge in [0.25, 0.3) is 11.8 Å². The molecule has 2 aromatic rings. The molecule has 202 valence electrons. The summed E-state index contributed by atoms with van der Waals surface area (Å²) in [4.78, 5) is 44.1. The van der Waals surface area contributed by atoms with E-state index in [-0.39, 0.29) is 12.5 Å². The van der Waals surface area contributed by atoms with Crippen molar-refractivity contribution in [2.75, 3.05) is 53.4 Å². The summed E-state index contributed by atoms with van der Waals surface area (Å²) in [7, 11) is 3.63. The minimum atomic E-state index is -1.59. The Kier molecular flexibility index (Phi) is 7.13. The summed E-state index contributed by atoms with van der Waals surface area (Å²) in [5.74, 6) is 6.23. The first-order chi connectivity index (χ1) is 18.8. The van der Waals surface area contributed by atoms with Crippen LogP contribution >= 0.6 is 0 Å². The van der Waals surface area contributed by atoms with Gasteiger partial charge in [-0.2, -0.15) is 0 Å². The summed E-state index contributed by atoms with van der Waals surface area (Å²) < 4.78 is 5.26. The monoisotopic (exact) mass is 530 g/mol. The van der Waals surface area contributed by atoms with Crippen LogP contribution in [-0.2, 0) is 11.2 Å². The number of methoxy groups -OCH3 is 1. The first kappa shape index (κ1) is 26.1. The fourth-order valence-electron chi connectivity index (χ4n) is 5.01. The number of carbonyl (C=O) groups excluding carboxylic acids is 3. The number of oxime groups is 1. The van der Waals surface area contributed by atoms with Crippen LogP contribution < -0.4 is 15.4 Å². The van der Waals surface area contributed by atoms with E-state index in [1.54, 1.807) is 43.5 Å². The van der Waals surface area contributed by atoms with Crippen molar-refractivity contribution in [1.82, 2.24) is 25.3 Å². The minimum absolute atomic E-state index is 0.0926. The molecule has 3 aliphatic heterocycles. The summed E-state index contributed by atoms with van der Waals surface area (Å²) in [6.07, 6.45) is 0.584. The maximum absolute atomic E-state index is 13.2. The molecule has 3 N–H and O–H groups in total. The lowest BCUT2D eigenvalue weighted by Gasteiger charge is -2.34. The Morgan fingerprint density at radius 2 is 1.82 bits per heavy atom. The van der Waals surface area contributed by atoms with Gasteiger partial charge in [0, 0.05) is 49.4 Å². The predicted octanol–water partition coefficient (Wildman–Crippen LogP) is 0.707. The van der Waals surface area contributed by atoms with E-state index in [4.69, 9.17) is 4.74 Å². The number of likely N-dealkylation sites (N-methyl/N-ethyl adjacent to an activating group) is 1. The Hall–Kier alpha value is -4.56. The SMILES string of the molecule is COc1ccc2c(c1)CCN(C[C@@]1(C#Cc3ccc(C(=NO)N4CCN(C)CC4)cc3)NC(=O)NC1=O)C2=O. The van der Waals surface area contributed by atoms with Crippen LogP contribution in [0.1, 0.15) is 27.0 Å². The van der Waals surface area contributed by atoms with E-state index in [0.717, 1.165) is 37.3 Å². The summed E-state index contributed by atoms with van der Waals surface area (Å²) in [6, 6.07) is 11.7. The van der Waals surface area contributed by atoms with Crippen molar-refractivity contribution >= 4 is 23.7 Å². The van der Waals surface area contributed by atoms with Crippen molar-refractivity contribution in [2.45, 2.75) is 12.0 Å². The third kappa shape index (κ3) is 5.24. The van der Waals surface area contributed by atoms with E-state index in [1.165, 1.54) is 4.90 Å². The molecule has 0 saturated carbocycles. The normalized spacial score (nSPS) is 21.6. The molecule has 0 bridgehead atoms. The van der Waals surface area contributed by atoms with Crippen LogP contribution in [0, 0.1) is 11.8 Å². The summed E-state index contributed by atoms with van der Waals surface area (Å²) in [5.41, 5.74) is 1.16. The third-order valence-electron chi connectivity index (χ3n) is 7.31. The molecule has 4 amide bonds. The van der Waals surface area contributed by atoms with E-state index in [9.17, 15) is 19.6 Å². The van der Waals surface area contributed by atoms with Gasteiger partial charge in [-0.25, -0.2) is 4.79 Å². The van der Waals surface area contributed by atoms with Gasteiger partial charge in [0.15, 0.2) is 5.84 Å². The number of amidine groups is 1. The molecular formula is C28H30N6O5. The first-order valence-electron chi connectivity index (χ1n) is 12.7. The number of ether oxygens (including phenoxy) is 1. The van der Waals surface area contributed by atoms with Crippen LogP contribution in [-0.4, -0.2) is 103 Å². The zero-order valence-corrected chi connectivity index (χ0v) is 21.9. The molecule has 3 aliphatic rings. The van der Waals surface area contributed by atoms with Crippen molar-refractivity contribution in [3.63, 3.8) is 0 Å². The van der Waals surface area contributed by atoms with Gasteiger partial charge in [0.05, 0.1) is 13.7 Å². The van der Waals surface area contributed by atoms with Gasteiger partial charge in [-0.15, -0.1) is 0 Å². The van der Waals surface area contributed by atoms with Gasteiger partial charge in [-0.05, 0) is 61.5 Å². The molecule has 11 nitrogen and oxygen atoms in total. The first-order valence-corrected chi connectivity index (χ1v) is 12.7. The van der Waals surface area contributed by atoms with Crippen LogP contribution in [0.25, 0.3) is 0 Å². The van der Waals surface area contributed by atoms with Crippen LogP contribution in [0.4, 0.5) is 4.79 Å². The van der Waals surface area contributed by atoms with Gasteiger partial charge in [0.2, 0.25) is 5.54 Å². The highest BCUT2D eigenvalue weighted by Crippen LogP contribution is 2.25. The van der Waals surface area contributed by atoms with Gasteiger partial charge < -0.3 is 30.0 Å². The van der Waals surface area contributed by atoms with Gasteiger partial charge in [-0.1, -0.05) is 17.0 Å². The molecule has 0 aliphatic carbocycles. The Labute approximate surface area is 226 Å². The predicted molar refractivity (Wildman–Crippen MR) is 143 cm³/mol. The number of rotatable bonds is 4. The second kappa shape index (κ2) is 10.7. The Balaban J connectivity index is 1.36. The van der Waals surface area contributed by atoms with E-state index in [0.29, 0.717) is 35.7 Å². The highest BCUT2D eigenvalue weighted by atomic mass is 16.5. The molecule has 0 spiro atoms. The van der Waals surface area contributed by atoms with Crippen molar-refractivity contribution in [3.8, 4) is 17.6 Å². The number of benzene rings is 2. The molecule has 39 heavy (non-hydrogen) atoms. The molecule has 2 aromatic carbocycles. The Morgan fingerprint density at radius 1 is 1.08 bits per heavy atom. The number of fused-ring (bicyclic) bond motifs is 1. The Morgan fingerprint density at radius 3 is 2.46 bits per heavy atom. The maximum atomic E-state index is 13.2.